The first-order chi connectivity index (χ1) is 23.3. The fourth-order valence-corrected chi connectivity index (χ4v) is 10.2. The summed E-state index contributed by atoms with van der Waals surface area (Å²) in [7, 11) is 0. The number of hydrogen-bond donors (Lipinski definition) is 0. The van der Waals surface area contributed by atoms with Gasteiger partial charge in [0.15, 0.2) is 0 Å². The number of hydrogen-bond acceptors (Lipinski definition) is 0. The molecule has 0 aromatic heterocycles. The summed E-state index contributed by atoms with van der Waals surface area (Å²) in [6.45, 7) is 9.01. The fourth-order valence-electron chi connectivity index (χ4n) is 10.2. The van der Waals surface area contributed by atoms with Crippen molar-refractivity contribution in [3.8, 4) is 44.5 Å². The van der Waals surface area contributed by atoms with E-state index in [0.717, 1.165) is 10.8 Å². The Balaban J connectivity index is 1.30. The van der Waals surface area contributed by atoms with Gasteiger partial charge in [0.05, 0.1) is 2.74 Å². The third kappa shape index (κ3) is 2.59. The lowest BCUT2D eigenvalue weighted by molar-refractivity contribution is 1.47. The van der Waals surface area contributed by atoms with Crippen LogP contribution in [0, 0.1) is 27.7 Å². The predicted octanol–water partition coefficient (Wildman–Crippen LogP) is 6.77. The topological polar surface area (TPSA) is 0 Å². The Morgan fingerprint density at radius 3 is 1.20 bits per heavy atom. The average Bonchev–Trinajstić information content (AvgIpc) is 3.55. The van der Waals surface area contributed by atoms with Crippen LogP contribution in [0.1, 0.15) is 25.0 Å². The Morgan fingerprint density at radius 2 is 0.761 bits per heavy atom. The fraction of sp³-hybridized carbons (Fsp3) is 0.0909. The highest BCUT2D eigenvalue weighted by molar-refractivity contribution is 7.03. The lowest BCUT2D eigenvalue weighted by Gasteiger charge is -2.31. The smallest absolute Gasteiger partial charge is 0.0661 e. The van der Waals surface area contributed by atoms with E-state index in [2.05, 4.69) is 113 Å². The molecule has 0 radical (unpaired) electrons. The molecule has 12 rings (SSSR count). The molecule has 210 valence electrons. The largest absolute Gasteiger partial charge is 0.244 e. The van der Waals surface area contributed by atoms with Gasteiger partial charge in [-0.15, -0.1) is 0 Å². The van der Waals surface area contributed by atoms with Gasteiger partial charge in [0.25, 0.3) is 0 Å². The molecule has 8 aromatic rings. The Labute approximate surface area is 272 Å². The molecule has 0 unspecified atom stereocenters. The van der Waals surface area contributed by atoms with E-state index in [1.54, 1.807) is 0 Å². The van der Waals surface area contributed by atoms with Gasteiger partial charge in [-0.25, -0.2) is 0 Å². The zero-order valence-corrected chi connectivity index (χ0v) is 26.2. The SMILES string of the molecule is [2H]c1cc2c3c(cc4c([2H])cc5c6c(cc1c3c46)B1c3ccc(C)cc3-c3cc(C)cc-5c31)B1c3ccc(C)cc3-c3cc(C)cc-2c31. The summed E-state index contributed by atoms with van der Waals surface area (Å²) in [5.41, 5.74) is 23.3. The van der Waals surface area contributed by atoms with Crippen molar-refractivity contribution in [1.82, 2.24) is 0 Å². The van der Waals surface area contributed by atoms with Crippen LogP contribution in [0.5, 0.6) is 0 Å². The zero-order chi connectivity index (χ0) is 32.1. The Hall–Kier alpha value is -5.07. The summed E-state index contributed by atoms with van der Waals surface area (Å²) in [6, 6.07) is 33.5. The summed E-state index contributed by atoms with van der Waals surface area (Å²) >= 11 is 0. The van der Waals surface area contributed by atoms with E-state index in [4.69, 9.17) is 0 Å². The first kappa shape index (κ1) is 22.4. The first-order valence-corrected chi connectivity index (χ1v) is 16.6. The van der Waals surface area contributed by atoms with Gasteiger partial charge in [0, 0.05) is 0 Å². The highest BCUT2D eigenvalue weighted by Crippen LogP contribution is 2.46. The van der Waals surface area contributed by atoms with Crippen LogP contribution in [0.25, 0.3) is 76.8 Å². The lowest BCUT2D eigenvalue weighted by Crippen LogP contribution is -2.52. The van der Waals surface area contributed by atoms with Crippen LogP contribution < -0.4 is 32.8 Å². The summed E-state index contributed by atoms with van der Waals surface area (Å²) in [4.78, 5) is 0. The van der Waals surface area contributed by atoms with Crippen LogP contribution in [0.4, 0.5) is 0 Å². The Bertz CT molecular complexity index is 2720. The van der Waals surface area contributed by atoms with Crippen molar-refractivity contribution >= 4 is 78.5 Å². The maximum absolute atomic E-state index is 9.65. The number of fused-ring (bicyclic) bond motifs is 10. The summed E-state index contributed by atoms with van der Waals surface area (Å²) in [5.74, 6) is 0. The molecule has 0 aliphatic carbocycles. The minimum atomic E-state index is 0.115. The molecule has 0 saturated carbocycles. The second-order valence-corrected chi connectivity index (χ2v) is 14.5. The van der Waals surface area contributed by atoms with Crippen molar-refractivity contribution in [2.45, 2.75) is 27.7 Å². The van der Waals surface area contributed by atoms with E-state index in [-0.39, 0.29) is 13.4 Å². The summed E-state index contributed by atoms with van der Waals surface area (Å²) in [6.07, 6.45) is 0. The van der Waals surface area contributed by atoms with Gasteiger partial charge in [-0.2, -0.15) is 0 Å². The molecule has 0 atom stereocenters. The minimum absolute atomic E-state index is 0.115. The van der Waals surface area contributed by atoms with E-state index in [1.807, 2.05) is 0 Å². The first-order valence-electron chi connectivity index (χ1n) is 17.6. The molecule has 8 aromatic carbocycles. The van der Waals surface area contributed by atoms with Crippen molar-refractivity contribution in [3.05, 3.63) is 119 Å². The van der Waals surface area contributed by atoms with Crippen molar-refractivity contribution in [1.29, 1.82) is 0 Å². The molecule has 4 aliphatic rings. The van der Waals surface area contributed by atoms with Crippen LogP contribution in [-0.2, 0) is 0 Å². The standard InChI is InChI=1S/C44H28B2/c1-21-5-11-35-29(13-21)33-17-23(3)15-31-27-9-7-26-20-38-42-28(10-8-25-19-37(45(35)43(31)33)41(27)39(26)40(25)42)32-16-24(4)18-34-30-14-22(2)6-12-36(30)46(38)44(32)34/h5-20H,1-4H3/i7D,8D. The molecular weight excluding hydrogens is 550 g/mol. The summed E-state index contributed by atoms with van der Waals surface area (Å²) in [5, 5.41) is 6.92. The zero-order valence-electron chi connectivity index (χ0n) is 28.2. The Kier molecular flexibility index (Phi) is 3.73. The normalized spacial score (nSPS) is 14.6. The van der Waals surface area contributed by atoms with Gasteiger partial charge in [0.2, 0.25) is 13.4 Å². The van der Waals surface area contributed by atoms with Crippen molar-refractivity contribution in [2.75, 3.05) is 0 Å². The van der Waals surface area contributed by atoms with Crippen LogP contribution in [-0.4, -0.2) is 13.4 Å². The second kappa shape index (κ2) is 7.65. The van der Waals surface area contributed by atoms with Gasteiger partial charge < -0.3 is 0 Å². The van der Waals surface area contributed by atoms with E-state index in [0.29, 0.717) is 12.1 Å². The molecule has 4 heterocycles. The maximum Gasteiger partial charge on any atom is 0.244 e. The van der Waals surface area contributed by atoms with Crippen LogP contribution in [0.2, 0.25) is 0 Å². The van der Waals surface area contributed by atoms with Crippen molar-refractivity contribution in [3.63, 3.8) is 0 Å². The molecule has 0 amide bonds. The molecule has 0 saturated heterocycles. The molecule has 46 heavy (non-hydrogen) atoms. The predicted molar refractivity (Wildman–Crippen MR) is 200 cm³/mol. The molecule has 0 spiro atoms. The second-order valence-electron chi connectivity index (χ2n) is 14.5. The molecular formula is C44H28B2. The summed E-state index contributed by atoms with van der Waals surface area (Å²) < 4.78 is 19.3. The number of benzene rings is 8. The highest BCUT2D eigenvalue weighted by Gasteiger charge is 2.43. The molecule has 0 fully saturated rings. The lowest BCUT2D eigenvalue weighted by atomic mass is 9.34. The molecule has 0 nitrogen and oxygen atoms in total. The van der Waals surface area contributed by atoms with Gasteiger partial charge in [-0.05, 0) is 116 Å². The van der Waals surface area contributed by atoms with E-state index >= 15 is 0 Å². The van der Waals surface area contributed by atoms with Gasteiger partial charge in [-0.3, -0.25) is 0 Å². The highest BCUT2D eigenvalue weighted by atomic mass is 14.3. The van der Waals surface area contributed by atoms with Crippen LogP contribution in [0.15, 0.2) is 97.0 Å². The third-order valence-electron chi connectivity index (χ3n) is 11.8. The van der Waals surface area contributed by atoms with E-state index in [1.165, 1.54) is 121 Å². The monoisotopic (exact) mass is 580 g/mol. The van der Waals surface area contributed by atoms with E-state index in [9.17, 15) is 2.74 Å². The van der Waals surface area contributed by atoms with Gasteiger partial charge >= 0.3 is 0 Å². The maximum atomic E-state index is 9.65. The van der Waals surface area contributed by atoms with Crippen molar-refractivity contribution < 1.29 is 2.74 Å². The Morgan fingerprint density at radius 1 is 0.370 bits per heavy atom. The molecule has 0 bridgehead atoms. The van der Waals surface area contributed by atoms with E-state index < -0.39 is 0 Å². The third-order valence-corrected chi connectivity index (χ3v) is 11.8. The van der Waals surface area contributed by atoms with Crippen LogP contribution in [0.3, 0.4) is 0 Å². The number of aryl methyl sites for hydroxylation is 4. The van der Waals surface area contributed by atoms with Gasteiger partial charge in [-0.1, -0.05) is 141 Å². The quantitative estimate of drug-likeness (QED) is 0.137. The molecule has 2 heteroatoms. The molecule has 4 aliphatic heterocycles. The number of rotatable bonds is 0. The van der Waals surface area contributed by atoms with Crippen molar-refractivity contribution in [2.24, 2.45) is 0 Å². The van der Waals surface area contributed by atoms with Crippen LogP contribution >= 0.6 is 0 Å². The minimum Gasteiger partial charge on any atom is -0.0661 e. The molecule has 0 N–H and O–H groups in total. The van der Waals surface area contributed by atoms with Gasteiger partial charge in [0.1, 0.15) is 0 Å². The average molecular weight is 580 g/mol.